The van der Waals surface area contributed by atoms with Crippen molar-refractivity contribution in [3.05, 3.63) is 83.1 Å². The summed E-state index contributed by atoms with van der Waals surface area (Å²) in [4.78, 5) is 26.4. The number of anilines is 1. The summed E-state index contributed by atoms with van der Waals surface area (Å²) in [6, 6.07) is 17.4. The van der Waals surface area contributed by atoms with Crippen LogP contribution in [0.3, 0.4) is 0 Å². The molecule has 7 heteroatoms. The van der Waals surface area contributed by atoms with Crippen LogP contribution in [0.5, 0.6) is 0 Å². The number of pyridine rings is 1. The number of aryl methyl sites for hydroxylation is 1. The molecule has 3 heterocycles. The summed E-state index contributed by atoms with van der Waals surface area (Å²) in [6.07, 6.45) is 3.51. The fourth-order valence-electron chi connectivity index (χ4n) is 2.94. The molecule has 5 aromatic rings. The van der Waals surface area contributed by atoms with Gasteiger partial charge in [-0.15, -0.1) is 0 Å². The number of nitrogens with one attached hydrogen (secondary N) is 2. The van der Waals surface area contributed by atoms with E-state index in [1.165, 1.54) is 0 Å². The van der Waals surface area contributed by atoms with Gasteiger partial charge in [0.2, 0.25) is 0 Å². The van der Waals surface area contributed by atoms with Gasteiger partial charge in [-0.1, -0.05) is 18.2 Å². The summed E-state index contributed by atoms with van der Waals surface area (Å²) in [5, 5.41) is 4.13. The van der Waals surface area contributed by atoms with Gasteiger partial charge < -0.3 is 9.73 Å². The molecule has 3 aromatic heterocycles. The Kier molecular flexibility index (Phi) is 5.03. The van der Waals surface area contributed by atoms with Crippen molar-refractivity contribution in [2.45, 2.75) is 6.92 Å². The number of hydrogen-bond acceptors (Lipinski definition) is 6. The fraction of sp³-hybridized carbons (Fsp3) is 0.0909. The minimum atomic E-state index is -0.398. The van der Waals surface area contributed by atoms with Crippen molar-refractivity contribution < 1.29 is 4.42 Å². The summed E-state index contributed by atoms with van der Waals surface area (Å²) in [5.74, 6) is 1.12. The largest absolute Gasteiger partial charge is 0.417 e. The van der Waals surface area contributed by atoms with E-state index in [0.29, 0.717) is 11.4 Å². The van der Waals surface area contributed by atoms with Crippen molar-refractivity contribution >= 4 is 27.8 Å². The van der Waals surface area contributed by atoms with Crippen LogP contribution in [0.15, 0.2) is 76.2 Å². The minimum absolute atomic E-state index is 0.398. The van der Waals surface area contributed by atoms with Gasteiger partial charge in [-0.05, 0) is 48.9 Å². The molecule has 0 aliphatic rings. The quantitative estimate of drug-likeness (QED) is 0.474. The van der Waals surface area contributed by atoms with Crippen LogP contribution in [0.4, 0.5) is 5.82 Å². The average molecular weight is 385 g/mol. The highest BCUT2D eigenvalue weighted by Gasteiger charge is 2.07. The van der Waals surface area contributed by atoms with Crippen molar-refractivity contribution in [1.29, 1.82) is 0 Å². The van der Waals surface area contributed by atoms with Crippen molar-refractivity contribution in [2.75, 3.05) is 12.4 Å². The molecule has 0 amide bonds. The van der Waals surface area contributed by atoms with E-state index in [1.807, 2.05) is 68.6 Å². The lowest BCUT2D eigenvalue weighted by molar-refractivity contribution is 0.555. The Bertz CT molecular complexity index is 1330. The first kappa shape index (κ1) is 18.4. The summed E-state index contributed by atoms with van der Waals surface area (Å²) in [6.45, 7) is 1.95. The summed E-state index contributed by atoms with van der Waals surface area (Å²) >= 11 is 0. The maximum Gasteiger partial charge on any atom is 0.417 e. The van der Waals surface area contributed by atoms with E-state index in [0.717, 1.165) is 33.4 Å². The standard InChI is InChI=1S/C14H12N4.C8H7NO2/c1-15-14-11-6-2-3-7-12(11)17-13(18-14)10-5-4-8-16-9-10;1-5-2-3-6-7(4-5)11-8(10)9-6/h2-9H,1H3,(H,15,17,18);2-4H,1H3,(H,9,10). The van der Waals surface area contributed by atoms with Gasteiger partial charge in [0, 0.05) is 30.4 Å². The van der Waals surface area contributed by atoms with Crippen LogP contribution in [0.1, 0.15) is 5.56 Å². The highest BCUT2D eigenvalue weighted by atomic mass is 16.4. The van der Waals surface area contributed by atoms with Crippen molar-refractivity contribution in [3.63, 3.8) is 0 Å². The second-order valence-electron chi connectivity index (χ2n) is 6.42. The maximum atomic E-state index is 10.7. The molecule has 29 heavy (non-hydrogen) atoms. The van der Waals surface area contributed by atoms with Crippen molar-refractivity contribution in [1.82, 2.24) is 19.9 Å². The minimum Gasteiger partial charge on any atom is -0.408 e. The first-order chi connectivity index (χ1) is 14.1. The van der Waals surface area contributed by atoms with Gasteiger partial charge in [-0.3, -0.25) is 9.97 Å². The van der Waals surface area contributed by atoms with Gasteiger partial charge >= 0.3 is 5.76 Å². The molecule has 0 bridgehead atoms. The van der Waals surface area contributed by atoms with Gasteiger partial charge in [-0.25, -0.2) is 14.8 Å². The van der Waals surface area contributed by atoms with Crippen LogP contribution in [-0.4, -0.2) is 27.0 Å². The maximum absolute atomic E-state index is 10.7. The summed E-state index contributed by atoms with van der Waals surface area (Å²) < 4.78 is 4.84. The molecule has 5 rings (SSSR count). The van der Waals surface area contributed by atoms with Crippen LogP contribution >= 0.6 is 0 Å². The highest BCUT2D eigenvalue weighted by Crippen LogP contribution is 2.23. The molecule has 0 fully saturated rings. The zero-order valence-electron chi connectivity index (χ0n) is 16.0. The van der Waals surface area contributed by atoms with Crippen molar-refractivity contribution in [2.24, 2.45) is 0 Å². The normalized spacial score (nSPS) is 10.6. The van der Waals surface area contributed by atoms with E-state index in [-0.39, 0.29) is 0 Å². The second-order valence-corrected chi connectivity index (χ2v) is 6.42. The molecule has 0 aliphatic heterocycles. The van der Waals surface area contributed by atoms with Crippen molar-refractivity contribution in [3.8, 4) is 11.4 Å². The van der Waals surface area contributed by atoms with Crippen LogP contribution in [0.2, 0.25) is 0 Å². The number of H-pyrrole nitrogens is 1. The van der Waals surface area contributed by atoms with E-state index in [9.17, 15) is 4.79 Å². The van der Waals surface area contributed by atoms with E-state index in [2.05, 4.69) is 25.3 Å². The Labute approximate surface area is 166 Å². The first-order valence-corrected chi connectivity index (χ1v) is 9.08. The number of para-hydroxylation sites is 1. The van der Waals surface area contributed by atoms with Crippen LogP contribution in [-0.2, 0) is 0 Å². The number of aromatic amines is 1. The molecule has 144 valence electrons. The predicted molar refractivity (Wildman–Crippen MR) is 114 cm³/mol. The van der Waals surface area contributed by atoms with Gasteiger partial charge in [-0.2, -0.15) is 0 Å². The Morgan fingerprint density at radius 3 is 2.69 bits per heavy atom. The Balaban J connectivity index is 0.000000159. The summed E-state index contributed by atoms with van der Waals surface area (Å²) in [7, 11) is 1.86. The summed E-state index contributed by atoms with van der Waals surface area (Å²) in [5.41, 5.74) is 4.30. The molecule has 2 N–H and O–H groups in total. The number of benzene rings is 2. The molecule has 0 atom stereocenters. The van der Waals surface area contributed by atoms with Gasteiger partial charge in [0.25, 0.3) is 0 Å². The van der Waals surface area contributed by atoms with E-state index >= 15 is 0 Å². The lowest BCUT2D eigenvalue weighted by Gasteiger charge is -2.07. The third-order valence-corrected chi connectivity index (χ3v) is 4.34. The number of fused-ring (bicyclic) bond motifs is 2. The smallest absolute Gasteiger partial charge is 0.408 e. The monoisotopic (exact) mass is 385 g/mol. The zero-order chi connectivity index (χ0) is 20.2. The second kappa shape index (κ2) is 7.93. The Morgan fingerprint density at radius 2 is 1.90 bits per heavy atom. The first-order valence-electron chi connectivity index (χ1n) is 9.08. The topological polar surface area (TPSA) is 96.7 Å². The number of nitrogens with zero attached hydrogens (tertiary/aromatic N) is 3. The average Bonchev–Trinajstić information content (AvgIpc) is 3.13. The molecule has 0 unspecified atom stereocenters. The molecule has 0 spiro atoms. The Morgan fingerprint density at radius 1 is 1.03 bits per heavy atom. The molecular weight excluding hydrogens is 366 g/mol. The lowest BCUT2D eigenvalue weighted by Crippen LogP contribution is -1.98. The van der Waals surface area contributed by atoms with Gasteiger partial charge in [0.15, 0.2) is 11.4 Å². The number of aromatic nitrogens is 4. The van der Waals surface area contributed by atoms with Crippen LogP contribution in [0.25, 0.3) is 33.4 Å². The molecule has 0 aliphatic carbocycles. The lowest BCUT2D eigenvalue weighted by atomic mass is 10.2. The third kappa shape index (κ3) is 3.98. The molecular formula is C22H19N5O2. The van der Waals surface area contributed by atoms with Gasteiger partial charge in [0.1, 0.15) is 5.82 Å². The van der Waals surface area contributed by atoms with Crippen LogP contribution < -0.4 is 11.1 Å². The fourth-order valence-corrected chi connectivity index (χ4v) is 2.94. The molecule has 0 radical (unpaired) electrons. The van der Waals surface area contributed by atoms with E-state index < -0.39 is 5.76 Å². The third-order valence-electron chi connectivity index (χ3n) is 4.34. The number of oxazole rings is 1. The molecule has 0 saturated heterocycles. The molecule has 0 saturated carbocycles. The Hall–Kier alpha value is -4.00. The highest BCUT2D eigenvalue weighted by molar-refractivity contribution is 5.90. The number of rotatable bonds is 2. The number of hydrogen-bond donors (Lipinski definition) is 2. The molecule has 7 nitrogen and oxygen atoms in total. The predicted octanol–water partition coefficient (Wildman–Crippen LogP) is 4.16. The molecule has 2 aromatic carbocycles. The van der Waals surface area contributed by atoms with E-state index in [4.69, 9.17) is 4.42 Å². The van der Waals surface area contributed by atoms with Gasteiger partial charge in [0.05, 0.1) is 11.0 Å². The van der Waals surface area contributed by atoms with E-state index in [1.54, 1.807) is 12.4 Å². The van der Waals surface area contributed by atoms with Crippen LogP contribution in [0, 0.1) is 6.92 Å². The SMILES string of the molecule is CNc1nc(-c2cccnc2)nc2ccccc12.Cc1ccc2[nH]c(=O)oc2c1. The zero-order valence-corrected chi connectivity index (χ0v) is 16.0.